The Morgan fingerprint density at radius 3 is 1.92 bits per heavy atom. The third-order valence-electron chi connectivity index (χ3n) is 7.82. The van der Waals surface area contributed by atoms with E-state index in [1.54, 1.807) is 0 Å². The smallest absolute Gasteiger partial charge is 0.302 e. The zero-order chi connectivity index (χ0) is 35.7. The van der Waals surface area contributed by atoms with Crippen LogP contribution in [0.3, 0.4) is 0 Å². The van der Waals surface area contributed by atoms with Crippen molar-refractivity contribution in [2.75, 3.05) is 13.2 Å². The minimum absolute atomic E-state index is 0.0630. The van der Waals surface area contributed by atoms with E-state index in [2.05, 4.69) is 0 Å². The molecule has 0 aliphatic carbocycles. The molecular weight excluding hydrogens is 660 g/mol. The van der Waals surface area contributed by atoms with Gasteiger partial charge >= 0.3 is 11.9 Å². The number of hydrogen-bond acceptors (Lipinski definition) is 18. The molecule has 3 heterocycles. The highest BCUT2D eigenvalue weighted by molar-refractivity contribution is 5.91. The van der Waals surface area contributed by atoms with Crippen LogP contribution in [-0.2, 0) is 33.3 Å². The van der Waals surface area contributed by atoms with Gasteiger partial charge in [0, 0.05) is 31.5 Å². The molecule has 2 fully saturated rings. The second-order valence-corrected chi connectivity index (χ2v) is 11.3. The summed E-state index contributed by atoms with van der Waals surface area (Å²) in [5, 5.41) is 84.5. The van der Waals surface area contributed by atoms with Gasteiger partial charge in [0.2, 0.25) is 12.0 Å². The normalized spacial score (nSPS) is 30.1. The van der Waals surface area contributed by atoms with Crippen LogP contribution in [-0.4, -0.2) is 127 Å². The highest BCUT2D eigenvalue weighted by atomic mass is 16.8. The molecule has 0 spiro atoms. The lowest BCUT2D eigenvalue weighted by Gasteiger charge is -2.46. The number of carbonyl (C=O) groups excluding carboxylic acids is 2. The lowest BCUT2D eigenvalue weighted by molar-refractivity contribution is -0.358. The minimum Gasteiger partial charge on any atom is -0.508 e. The monoisotopic (exact) mass is 694 g/mol. The van der Waals surface area contributed by atoms with Crippen molar-refractivity contribution >= 4 is 22.9 Å². The standard InChI is InChI=1S/C31H34O18/c1-11(32)43-9-19-22(37)25(40)27(42)30(47-19)49-29-26(41)23(38)20(10-44-12(2)33)48-31(29)46-18-8-16(36)21-15(35)7-17(45-28(21)24(18)39)13-3-5-14(34)6-4-13/h3-8,19-20,22-23,25-27,29-31,34,36-42H,9-10H2,1-2H3. The fourth-order valence-corrected chi connectivity index (χ4v) is 5.27. The lowest BCUT2D eigenvalue weighted by Crippen LogP contribution is -2.65. The number of hydrogen-bond donors (Lipinski definition) is 8. The maximum atomic E-state index is 13.0. The molecule has 5 rings (SSSR count). The number of phenols is 3. The van der Waals surface area contributed by atoms with E-state index < -0.39 is 120 Å². The third-order valence-corrected chi connectivity index (χ3v) is 7.82. The van der Waals surface area contributed by atoms with Gasteiger partial charge in [-0.1, -0.05) is 0 Å². The quantitative estimate of drug-likeness (QED) is 0.0956. The van der Waals surface area contributed by atoms with E-state index >= 15 is 0 Å². The molecule has 0 saturated carbocycles. The van der Waals surface area contributed by atoms with Gasteiger partial charge in [-0.25, -0.2) is 0 Å². The number of esters is 2. The molecule has 2 aromatic carbocycles. The van der Waals surface area contributed by atoms with E-state index in [-0.39, 0.29) is 11.5 Å². The first-order chi connectivity index (χ1) is 23.2. The van der Waals surface area contributed by atoms with Gasteiger partial charge in [-0.15, -0.1) is 0 Å². The van der Waals surface area contributed by atoms with E-state index in [0.29, 0.717) is 5.56 Å². The van der Waals surface area contributed by atoms with Crippen LogP contribution >= 0.6 is 0 Å². The Kier molecular flexibility index (Phi) is 10.6. The molecule has 0 radical (unpaired) electrons. The molecule has 3 aromatic rings. The summed E-state index contributed by atoms with van der Waals surface area (Å²) in [4.78, 5) is 35.7. The Balaban J connectivity index is 1.51. The van der Waals surface area contributed by atoms with Crippen molar-refractivity contribution in [2.45, 2.75) is 75.3 Å². The fraction of sp³-hybridized carbons (Fsp3) is 0.452. The number of aromatic hydroxyl groups is 3. The number of rotatable bonds is 9. The van der Waals surface area contributed by atoms with Crippen molar-refractivity contribution in [1.29, 1.82) is 0 Å². The molecule has 10 atom stereocenters. The molecule has 49 heavy (non-hydrogen) atoms. The molecule has 266 valence electrons. The van der Waals surface area contributed by atoms with Gasteiger partial charge in [-0.2, -0.15) is 0 Å². The maximum absolute atomic E-state index is 13.0. The number of phenolic OH excluding ortho intramolecular Hbond substituents is 3. The number of benzene rings is 2. The summed E-state index contributed by atoms with van der Waals surface area (Å²) < 4.78 is 38.2. The molecule has 18 nitrogen and oxygen atoms in total. The average molecular weight is 695 g/mol. The molecule has 10 unspecified atom stereocenters. The summed E-state index contributed by atoms with van der Waals surface area (Å²) in [5.41, 5.74) is -0.972. The number of aliphatic hydroxyl groups excluding tert-OH is 5. The van der Waals surface area contributed by atoms with Crippen LogP contribution in [0.15, 0.2) is 45.6 Å². The Hall–Kier alpha value is -4.53. The van der Waals surface area contributed by atoms with E-state index in [1.165, 1.54) is 24.3 Å². The fourth-order valence-electron chi connectivity index (χ4n) is 5.27. The molecule has 2 aliphatic heterocycles. The molecule has 2 aliphatic rings. The van der Waals surface area contributed by atoms with Crippen molar-refractivity contribution in [2.24, 2.45) is 0 Å². The first kappa shape index (κ1) is 35.8. The number of ether oxygens (including phenoxy) is 6. The summed E-state index contributed by atoms with van der Waals surface area (Å²) >= 11 is 0. The summed E-state index contributed by atoms with van der Waals surface area (Å²) in [6.45, 7) is 0.991. The molecular formula is C31H34O18. The number of carbonyl (C=O) groups is 2. The van der Waals surface area contributed by atoms with Crippen molar-refractivity contribution < 1.29 is 83.3 Å². The topological polar surface area (TPSA) is 282 Å². The van der Waals surface area contributed by atoms with Crippen molar-refractivity contribution in [3.05, 3.63) is 46.6 Å². The van der Waals surface area contributed by atoms with Crippen LogP contribution in [0.5, 0.6) is 23.0 Å². The van der Waals surface area contributed by atoms with Crippen LogP contribution in [0.1, 0.15) is 13.8 Å². The first-order valence-electron chi connectivity index (χ1n) is 14.8. The molecule has 0 amide bonds. The Morgan fingerprint density at radius 2 is 1.33 bits per heavy atom. The zero-order valence-electron chi connectivity index (χ0n) is 25.8. The Morgan fingerprint density at radius 1 is 0.755 bits per heavy atom. The lowest BCUT2D eigenvalue weighted by atomic mass is 9.97. The molecule has 1 aromatic heterocycles. The van der Waals surface area contributed by atoms with Gasteiger partial charge in [0.25, 0.3) is 0 Å². The second-order valence-electron chi connectivity index (χ2n) is 11.3. The second kappa shape index (κ2) is 14.5. The summed E-state index contributed by atoms with van der Waals surface area (Å²) in [6.07, 6.45) is -18.0. The third kappa shape index (κ3) is 7.56. The van der Waals surface area contributed by atoms with E-state index in [4.69, 9.17) is 32.8 Å². The van der Waals surface area contributed by atoms with E-state index in [9.17, 15) is 55.2 Å². The van der Waals surface area contributed by atoms with E-state index in [1.807, 2.05) is 0 Å². The van der Waals surface area contributed by atoms with Gasteiger partial charge in [0.1, 0.15) is 78.6 Å². The number of aliphatic hydroxyl groups is 5. The predicted octanol–water partition coefficient (Wildman–Crippen LogP) is -1.28. The molecule has 18 heteroatoms. The molecule has 0 bridgehead atoms. The Labute approximate surface area is 275 Å². The highest BCUT2D eigenvalue weighted by Gasteiger charge is 2.52. The summed E-state index contributed by atoms with van der Waals surface area (Å²) in [7, 11) is 0. The van der Waals surface area contributed by atoms with Gasteiger partial charge in [-0.05, 0) is 24.3 Å². The van der Waals surface area contributed by atoms with Crippen LogP contribution in [0.2, 0.25) is 0 Å². The summed E-state index contributed by atoms with van der Waals surface area (Å²) in [6, 6.07) is 7.39. The van der Waals surface area contributed by atoms with Crippen LogP contribution < -0.4 is 10.2 Å². The van der Waals surface area contributed by atoms with Gasteiger partial charge in [-0.3, -0.25) is 14.4 Å². The highest BCUT2D eigenvalue weighted by Crippen LogP contribution is 2.42. The molecule has 8 N–H and O–H groups in total. The SMILES string of the molecule is CC(=O)OCC1OC(OC2C(Oc3cc(O)c4c(=O)cc(-c5ccc(O)cc5)oc4c3O)OC(COC(C)=O)C(O)C2O)C(O)C(O)C1O. The Bertz CT molecular complexity index is 1720. The van der Waals surface area contributed by atoms with Gasteiger partial charge in [0.15, 0.2) is 29.2 Å². The van der Waals surface area contributed by atoms with Crippen LogP contribution in [0.4, 0.5) is 0 Å². The average Bonchev–Trinajstić information content (AvgIpc) is 3.05. The number of fused-ring (bicyclic) bond motifs is 1. The largest absolute Gasteiger partial charge is 0.508 e. The minimum atomic E-state index is -1.97. The van der Waals surface area contributed by atoms with Crippen molar-refractivity contribution in [3.63, 3.8) is 0 Å². The van der Waals surface area contributed by atoms with Crippen molar-refractivity contribution in [1.82, 2.24) is 0 Å². The van der Waals surface area contributed by atoms with E-state index in [0.717, 1.165) is 26.0 Å². The molecule has 2 saturated heterocycles. The van der Waals surface area contributed by atoms with Crippen molar-refractivity contribution in [3.8, 4) is 34.3 Å². The maximum Gasteiger partial charge on any atom is 0.302 e. The zero-order valence-corrected chi connectivity index (χ0v) is 25.8. The van der Waals surface area contributed by atoms with Gasteiger partial charge in [0.05, 0.1) is 0 Å². The van der Waals surface area contributed by atoms with Crippen LogP contribution in [0, 0.1) is 0 Å². The van der Waals surface area contributed by atoms with Gasteiger partial charge < -0.3 is 73.7 Å². The predicted molar refractivity (Wildman–Crippen MR) is 159 cm³/mol. The first-order valence-corrected chi connectivity index (χ1v) is 14.8. The summed E-state index contributed by atoms with van der Waals surface area (Å²) in [5.74, 6) is -3.78. The van der Waals surface area contributed by atoms with Crippen LogP contribution in [0.25, 0.3) is 22.3 Å².